The van der Waals surface area contributed by atoms with Crippen molar-refractivity contribution < 1.29 is 28.2 Å². The molecular weight excluding hydrogens is 391 g/mol. The molecule has 28 heavy (non-hydrogen) atoms. The maximum atomic E-state index is 13.6. The van der Waals surface area contributed by atoms with Crippen molar-refractivity contribution in [1.82, 2.24) is 10.2 Å². The summed E-state index contributed by atoms with van der Waals surface area (Å²) in [5.74, 6) is -1.80. The topological polar surface area (TPSA) is 84.9 Å². The number of esters is 1. The number of likely N-dealkylation sites (tertiary alicyclic amines) is 1. The van der Waals surface area contributed by atoms with E-state index < -0.39 is 24.3 Å². The van der Waals surface area contributed by atoms with Gasteiger partial charge in [-0.2, -0.15) is 0 Å². The van der Waals surface area contributed by atoms with Gasteiger partial charge in [0.2, 0.25) is 0 Å². The van der Waals surface area contributed by atoms with Crippen molar-refractivity contribution >= 4 is 35.6 Å². The van der Waals surface area contributed by atoms with Gasteiger partial charge in [-0.3, -0.25) is 4.79 Å². The quantitative estimate of drug-likeness (QED) is 0.573. The molecular formula is C19H22ClFN2O5. The number of piperidine rings is 1. The third-order valence-electron chi connectivity index (χ3n) is 4.12. The number of amides is 2. The highest BCUT2D eigenvalue weighted by Crippen LogP contribution is 2.20. The molecule has 0 atom stereocenters. The van der Waals surface area contributed by atoms with Crippen LogP contribution in [0.15, 0.2) is 24.3 Å². The van der Waals surface area contributed by atoms with Crippen molar-refractivity contribution in [3.8, 4) is 0 Å². The lowest BCUT2D eigenvalue weighted by Crippen LogP contribution is -2.47. The average Bonchev–Trinajstić information content (AvgIpc) is 2.67. The van der Waals surface area contributed by atoms with Crippen LogP contribution in [0.4, 0.5) is 9.18 Å². The Morgan fingerprint density at radius 2 is 2.00 bits per heavy atom. The number of hydrogen-bond donors (Lipinski definition) is 1. The highest BCUT2D eigenvalue weighted by atomic mass is 35.5. The Bertz CT molecular complexity index is 728. The first-order valence-electron chi connectivity index (χ1n) is 8.90. The van der Waals surface area contributed by atoms with Gasteiger partial charge in [-0.1, -0.05) is 17.7 Å². The number of rotatable bonds is 6. The molecule has 1 aromatic rings. The molecule has 0 radical (unpaired) electrons. The van der Waals surface area contributed by atoms with Crippen LogP contribution in [-0.4, -0.2) is 55.2 Å². The molecule has 2 amide bonds. The molecule has 0 aromatic heterocycles. The van der Waals surface area contributed by atoms with E-state index in [1.165, 1.54) is 24.3 Å². The minimum Gasteiger partial charge on any atom is -0.452 e. The van der Waals surface area contributed by atoms with E-state index in [-0.39, 0.29) is 22.7 Å². The fraction of sp³-hybridized carbons (Fsp3) is 0.421. The second-order valence-electron chi connectivity index (χ2n) is 6.10. The number of carbonyl (C=O) groups is 3. The lowest BCUT2D eigenvalue weighted by Gasteiger charge is -2.31. The van der Waals surface area contributed by atoms with E-state index in [0.717, 1.165) is 6.08 Å². The van der Waals surface area contributed by atoms with E-state index >= 15 is 0 Å². The predicted molar refractivity (Wildman–Crippen MR) is 101 cm³/mol. The summed E-state index contributed by atoms with van der Waals surface area (Å²) in [6, 6.07) is 4.06. The fourth-order valence-electron chi connectivity index (χ4n) is 2.70. The Balaban J connectivity index is 1.72. The second kappa shape index (κ2) is 10.7. The number of carbonyl (C=O) groups excluding carboxylic acids is 3. The van der Waals surface area contributed by atoms with Crippen LogP contribution in [0.25, 0.3) is 6.08 Å². The normalized spacial score (nSPS) is 14.8. The number of ether oxygens (including phenoxy) is 2. The summed E-state index contributed by atoms with van der Waals surface area (Å²) in [7, 11) is 0. The van der Waals surface area contributed by atoms with Gasteiger partial charge in [-0.15, -0.1) is 0 Å². The number of benzene rings is 1. The standard InChI is InChI=1S/C19H22ClFN2O5/c1-2-27-19(26)23-10-8-13(9-11-23)22-17(24)12-28-18(25)7-6-14-15(20)4-3-5-16(14)21/h3-7,13H,2,8-12H2,1H3,(H,22,24)/b7-6+. The van der Waals surface area contributed by atoms with Crippen LogP contribution in [0, 0.1) is 5.82 Å². The smallest absolute Gasteiger partial charge is 0.409 e. The van der Waals surface area contributed by atoms with Gasteiger partial charge in [0.25, 0.3) is 5.91 Å². The Labute approximate surface area is 167 Å². The van der Waals surface area contributed by atoms with E-state index in [0.29, 0.717) is 32.5 Å². The van der Waals surface area contributed by atoms with E-state index in [9.17, 15) is 18.8 Å². The van der Waals surface area contributed by atoms with Gasteiger partial charge in [0, 0.05) is 30.8 Å². The zero-order valence-electron chi connectivity index (χ0n) is 15.5. The first-order chi connectivity index (χ1) is 13.4. The van der Waals surface area contributed by atoms with Gasteiger partial charge in [-0.05, 0) is 38.0 Å². The van der Waals surface area contributed by atoms with E-state index in [2.05, 4.69) is 5.32 Å². The maximum absolute atomic E-state index is 13.6. The number of nitrogens with zero attached hydrogens (tertiary/aromatic N) is 1. The monoisotopic (exact) mass is 412 g/mol. The SMILES string of the molecule is CCOC(=O)N1CCC(NC(=O)COC(=O)/C=C/c2c(F)cccc2Cl)CC1. The van der Waals surface area contributed by atoms with Crippen molar-refractivity contribution in [2.45, 2.75) is 25.8 Å². The van der Waals surface area contributed by atoms with Crippen molar-refractivity contribution in [2.24, 2.45) is 0 Å². The Morgan fingerprint density at radius 3 is 2.64 bits per heavy atom. The van der Waals surface area contributed by atoms with E-state index in [1.807, 2.05) is 0 Å². The van der Waals surface area contributed by atoms with Crippen LogP contribution in [0.5, 0.6) is 0 Å². The molecule has 0 bridgehead atoms. The van der Waals surface area contributed by atoms with Gasteiger partial charge in [0.1, 0.15) is 5.82 Å². The molecule has 0 unspecified atom stereocenters. The summed E-state index contributed by atoms with van der Waals surface area (Å²) in [5, 5.41) is 2.92. The van der Waals surface area contributed by atoms with Gasteiger partial charge in [0.15, 0.2) is 6.61 Å². The van der Waals surface area contributed by atoms with Crippen molar-refractivity contribution in [3.63, 3.8) is 0 Å². The highest BCUT2D eigenvalue weighted by Gasteiger charge is 2.24. The maximum Gasteiger partial charge on any atom is 0.409 e. The zero-order valence-corrected chi connectivity index (χ0v) is 16.2. The minimum absolute atomic E-state index is 0.0685. The molecule has 2 rings (SSSR count). The summed E-state index contributed by atoms with van der Waals surface area (Å²) in [4.78, 5) is 36.8. The van der Waals surface area contributed by atoms with Crippen LogP contribution >= 0.6 is 11.6 Å². The molecule has 0 saturated carbocycles. The van der Waals surface area contributed by atoms with E-state index in [4.69, 9.17) is 21.1 Å². The average molecular weight is 413 g/mol. The Hall–Kier alpha value is -2.61. The number of halogens is 2. The van der Waals surface area contributed by atoms with Gasteiger partial charge >= 0.3 is 12.1 Å². The molecule has 1 saturated heterocycles. The van der Waals surface area contributed by atoms with E-state index in [1.54, 1.807) is 11.8 Å². The molecule has 1 N–H and O–H groups in total. The van der Waals surface area contributed by atoms with Gasteiger partial charge in [0.05, 0.1) is 11.6 Å². The molecule has 1 fully saturated rings. The lowest BCUT2D eigenvalue weighted by molar-refractivity contribution is -0.144. The fourth-order valence-corrected chi connectivity index (χ4v) is 2.92. The molecule has 7 nitrogen and oxygen atoms in total. The van der Waals surface area contributed by atoms with Crippen LogP contribution in [0.2, 0.25) is 5.02 Å². The first kappa shape index (κ1) is 21.7. The zero-order chi connectivity index (χ0) is 20.5. The van der Waals surface area contributed by atoms with Gasteiger partial charge < -0.3 is 19.7 Å². The molecule has 1 aromatic carbocycles. The third-order valence-corrected chi connectivity index (χ3v) is 4.45. The molecule has 1 heterocycles. The third kappa shape index (κ3) is 6.53. The highest BCUT2D eigenvalue weighted by molar-refractivity contribution is 6.32. The summed E-state index contributed by atoms with van der Waals surface area (Å²) >= 11 is 5.86. The van der Waals surface area contributed by atoms with Gasteiger partial charge in [-0.25, -0.2) is 14.0 Å². The summed E-state index contributed by atoms with van der Waals surface area (Å²) in [5.41, 5.74) is 0.0685. The molecule has 0 aliphatic carbocycles. The van der Waals surface area contributed by atoms with Crippen LogP contribution in [0.3, 0.4) is 0 Å². The largest absolute Gasteiger partial charge is 0.452 e. The van der Waals surface area contributed by atoms with Crippen molar-refractivity contribution in [3.05, 3.63) is 40.7 Å². The molecule has 9 heteroatoms. The van der Waals surface area contributed by atoms with Crippen LogP contribution in [-0.2, 0) is 19.1 Å². The minimum atomic E-state index is -0.786. The second-order valence-corrected chi connectivity index (χ2v) is 6.51. The lowest BCUT2D eigenvalue weighted by atomic mass is 10.1. The summed E-state index contributed by atoms with van der Waals surface area (Å²) in [6.07, 6.45) is 3.02. The van der Waals surface area contributed by atoms with Crippen LogP contribution < -0.4 is 5.32 Å². The number of nitrogens with one attached hydrogen (secondary N) is 1. The van der Waals surface area contributed by atoms with Crippen molar-refractivity contribution in [2.75, 3.05) is 26.3 Å². The van der Waals surface area contributed by atoms with Crippen molar-refractivity contribution in [1.29, 1.82) is 0 Å². The first-order valence-corrected chi connectivity index (χ1v) is 9.28. The Morgan fingerprint density at radius 1 is 1.29 bits per heavy atom. The predicted octanol–water partition coefficient (Wildman–Crippen LogP) is 2.77. The summed E-state index contributed by atoms with van der Waals surface area (Å²) < 4.78 is 23.4. The molecule has 1 aliphatic heterocycles. The molecule has 152 valence electrons. The number of hydrogen-bond acceptors (Lipinski definition) is 5. The van der Waals surface area contributed by atoms with Crippen LogP contribution in [0.1, 0.15) is 25.3 Å². The molecule has 0 spiro atoms. The Kier molecular flexibility index (Phi) is 8.25. The summed E-state index contributed by atoms with van der Waals surface area (Å²) in [6.45, 7) is 2.57. The molecule has 1 aliphatic rings.